The quantitative estimate of drug-likeness (QED) is 0.407. The summed E-state index contributed by atoms with van der Waals surface area (Å²) in [6, 6.07) is 1.11. The average molecular weight is 555 g/mol. The number of nitrogens with one attached hydrogen (secondary N) is 2. The summed E-state index contributed by atoms with van der Waals surface area (Å²) in [5.41, 5.74) is 0.894. The standard InChI is InChI=1S/C24H40BrN5O3Si/c1-16(32-13-14-34(6,7)8)19-18(25)20-17(15-26-29-20)21(27-19)30-11-9-24(5,10-12-30)28-22(31)33-23(2,3)4/h15-16H,9-14H2,1-8H3,(H,26,29)(H,28,31)/t16-/m0/s1. The number of alkyl carbamates (subject to hydrolysis) is 1. The maximum absolute atomic E-state index is 12.3. The third kappa shape index (κ3) is 6.94. The summed E-state index contributed by atoms with van der Waals surface area (Å²) in [5.74, 6) is 0.905. The zero-order valence-electron chi connectivity index (χ0n) is 21.8. The third-order valence-electron chi connectivity index (χ3n) is 6.11. The molecule has 0 aromatic carbocycles. The summed E-state index contributed by atoms with van der Waals surface area (Å²) in [5, 5.41) is 11.5. The number of rotatable bonds is 7. The van der Waals surface area contributed by atoms with Gasteiger partial charge in [0.1, 0.15) is 16.9 Å². The molecular formula is C24H40BrN5O3Si. The topological polar surface area (TPSA) is 92.4 Å². The molecule has 0 radical (unpaired) electrons. The van der Waals surface area contributed by atoms with E-state index in [9.17, 15) is 4.79 Å². The number of pyridine rings is 1. The molecular weight excluding hydrogens is 514 g/mol. The fraction of sp³-hybridized carbons (Fsp3) is 0.708. The number of hydrogen-bond acceptors (Lipinski definition) is 6. The van der Waals surface area contributed by atoms with Crippen LogP contribution in [0.2, 0.25) is 25.7 Å². The van der Waals surface area contributed by atoms with Crippen LogP contribution >= 0.6 is 15.9 Å². The van der Waals surface area contributed by atoms with E-state index in [-0.39, 0.29) is 17.7 Å². The zero-order chi connectivity index (χ0) is 25.3. The highest BCUT2D eigenvalue weighted by Gasteiger charge is 2.34. The van der Waals surface area contributed by atoms with Gasteiger partial charge < -0.3 is 19.7 Å². The van der Waals surface area contributed by atoms with E-state index in [0.29, 0.717) is 0 Å². The minimum Gasteiger partial charge on any atom is -0.444 e. The van der Waals surface area contributed by atoms with Crippen molar-refractivity contribution in [1.82, 2.24) is 20.5 Å². The predicted octanol–water partition coefficient (Wildman–Crippen LogP) is 6.02. The van der Waals surface area contributed by atoms with Crippen molar-refractivity contribution in [3.05, 3.63) is 16.4 Å². The number of aromatic nitrogens is 3. The van der Waals surface area contributed by atoms with Crippen molar-refractivity contribution in [1.29, 1.82) is 0 Å². The molecule has 0 aliphatic carbocycles. The van der Waals surface area contributed by atoms with E-state index in [1.807, 2.05) is 27.0 Å². The molecule has 3 rings (SSSR count). The summed E-state index contributed by atoms with van der Waals surface area (Å²) in [7, 11) is -1.17. The van der Waals surface area contributed by atoms with Crippen LogP contribution in [-0.2, 0) is 9.47 Å². The molecule has 10 heteroatoms. The first kappa shape index (κ1) is 26.9. The first-order valence-corrected chi connectivity index (χ1v) is 16.6. The molecule has 1 saturated heterocycles. The molecule has 0 saturated carbocycles. The second kappa shape index (κ2) is 10.1. The molecule has 1 fully saturated rings. The van der Waals surface area contributed by atoms with Gasteiger partial charge in [0.05, 0.1) is 21.7 Å². The van der Waals surface area contributed by atoms with Gasteiger partial charge >= 0.3 is 6.09 Å². The number of aromatic amines is 1. The second-order valence-corrected chi connectivity index (χ2v) is 18.2. The third-order valence-corrected chi connectivity index (χ3v) is 8.60. The van der Waals surface area contributed by atoms with Crippen LogP contribution < -0.4 is 10.2 Å². The lowest BCUT2D eigenvalue weighted by atomic mass is 9.89. The van der Waals surface area contributed by atoms with E-state index in [1.165, 1.54) is 0 Å². The van der Waals surface area contributed by atoms with Gasteiger partial charge in [0.25, 0.3) is 0 Å². The lowest BCUT2D eigenvalue weighted by Crippen LogP contribution is -2.54. The normalized spacial score (nSPS) is 17.6. The van der Waals surface area contributed by atoms with Gasteiger partial charge in [0.15, 0.2) is 0 Å². The monoisotopic (exact) mass is 553 g/mol. The SMILES string of the molecule is C[C@H](OCC[Si](C)(C)C)c1nc(N2CCC(C)(NC(=O)OC(C)(C)C)CC2)c2c[nH]nc2c1Br. The maximum atomic E-state index is 12.3. The fourth-order valence-electron chi connectivity index (χ4n) is 3.99. The molecule has 1 amide bonds. The number of ether oxygens (including phenoxy) is 2. The van der Waals surface area contributed by atoms with Gasteiger partial charge in [0.2, 0.25) is 0 Å². The van der Waals surface area contributed by atoms with E-state index < -0.39 is 13.7 Å². The molecule has 0 bridgehead atoms. The Hall–Kier alpha value is -1.65. The van der Waals surface area contributed by atoms with Crippen molar-refractivity contribution in [3.8, 4) is 0 Å². The van der Waals surface area contributed by atoms with E-state index in [0.717, 1.165) is 65.5 Å². The van der Waals surface area contributed by atoms with E-state index >= 15 is 0 Å². The van der Waals surface area contributed by atoms with Crippen LogP contribution in [-0.4, -0.2) is 60.2 Å². The summed E-state index contributed by atoms with van der Waals surface area (Å²) in [6.45, 7) is 19.1. The molecule has 34 heavy (non-hydrogen) atoms. The van der Waals surface area contributed by atoms with Gasteiger partial charge in [-0.1, -0.05) is 19.6 Å². The number of hydrogen-bond donors (Lipinski definition) is 2. The van der Waals surface area contributed by atoms with Gasteiger partial charge in [0, 0.05) is 39.5 Å². The molecule has 0 spiro atoms. The molecule has 1 aliphatic rings. The van der Waals surface area contributed by atoms with Gasteiger partial charge in [-0.3, -0.25) is 5.10 Å². The predicted molar refractivity (Wildman–Crippen MR) is 143 cm³/mol. The number of halogens is 1. The summed E-state index contributed by atoms with van der Waals surface area (Å²) >= 11 is 3.72. The van der Waals surface area contributed by atoms with Crippen molar-refractivity contribution in [3.63, 3.8) is 0 Å². The lowest BCUT2D eigenvalue weighted by molar-refractivity contribution is 0.0448. The van der Waals surface area contributed by atoms with Crippen LogP contribution in [0.15, 0.2) is 10.7 Å². The van der Waals surface area contributed by atoms with Gasteiger partial charge in [-0.2, -0.15) is 5.10 Å². The Labute approximate surface area is 212 Å². The molecule has 0 unspecified atom stereocenters. The zero-order valence-corrected chi connectivity index (χ0v) is 24.4. The largest absolute Gasteiger partial charge is 0.444 e. The second-order valence-electron chi connectivity index (χ2n) is 11.8. The fourth-order valence-corrected chi connectivity index (χ4v) is 5.43. The number of amides is 1. The Bertz CT molecular complexity index is 1010. The van der Waals surface area contributed by atoms with Crippen LogP contribution in [0, 0.1) is 0 Å². The Kier molecular flexibility index (Phi) is 8.04. The van der Waals surface area contributed by atoms with Crippen molar-refractivity contribution in [2.75, 3.05) is 24.6 Å². The first-order chi connectivity index (χ1) is 15.7. The Morgan fingerprint density at radius 2 is 1.97 bits per heavy atom. The summed E-state index contributed by atoms with van der Waals surface area (Å²) in [6.07, 6.45) is 2.97. The van der Waals surface area contributed by atoms with Crippen molar-refractivity contribution in [2.24, 2.45) is 0 Å². The van der Waals surface area contributed by atoms with Crippen molar-refractivity contribution in [2.45, 2.75) is 90.4 Å². The van der Waals surface area contributed by atoms with Crippen molar-refractivity contribution < 1.29 is 14.3 Å². The summed E-state index contributed by atoms with van der Waals surface area (Å²) in [4.78, 5) is 19.7. The van der Waals surface area contributed by atoms with Crippen LogP contribution in [0.3, 0.4) is 0 Å². The molecule has 1 aliphatic heterocycles. The smallest absolute Gasteiger partial charge is 0.408 e. The molecule has 2 aromatic rings. The number of carbonyl (C=O) groups excluding carboxylic acids is 1. The molecule has 8 nitrogen and oxygen atoms in total. The maximum Gasteiger partial charge on any atom is 0.408 e. The average Bonchev–Trinajstić information content (AvgIpc) is 3.17. The number of piperidine rings is 1. The van der Waals surface area contributed by atoms with Gasteiger partial charge in [-0.05, 0) is 69.4 Å². The van der Waals surface area contributed by atoms with Crippen LogP contribution in [0.5, 0.6) is 0 Å². The van der Waals surface area contributed by atoms with E-state index in [1.54, 1.807) is 0 Å². The van der Waals surface area contributed by atoms with E-state index in [4.69, 9.17) is 14.5 Å². The Morgan fingerprint density at radius 3 is 2.56 bits per heavy atom. The minimum atomic E-state index is -1.17. The summed E-state index contributed by atoms with van der Waals surface area (Å²) < 4.78 is 12.5. The highest BCUT2D eigenvalue weighted by Crippen LogP contribution is 2.37. The van der Waals surface area contributed by atoms with Crippen LogP contribution in [0.1, 0.15) is 59.3 Å². The molecule has 190 valence electrons. The Balaban J connectivity index is 1.75. The highest BCUT2D eigenvalue weighted by atomic mass is 79.9. The Morgan fingerprint density at radius 1 is 1.32 bits per heavy atom. The van der Waals surface area contributed by atoms with Gasteiger partial charge in [-0.15, -0.1) is 0 Å². The molecule has 2 aromatic heterocycles. The first-order valence-electron chi connectivity index (χ1n) is 12.1. The molecule has 1 atom stereocenters. The molecule has 2 N–H and O–H groups in total. The van der Waals surface area contributed by atoms with Crippen LogP contribution in [0.4, 0.5) is 10.6 Å². The lowest BCUT2D eigenvalue weighted by Gasteiger charge is -2.40. The van der Waals surface area contributed by atoms with Crippen molar-refractivity contribution >= 4 is 46.8 Å². The highest BCUT2D eigenvalue weighted by molar-refractivity contribution is 9.10. The number of H-pyrrole nitrogens is 1. The number of carbonyl (C=O) groups is 1. The number of anilines is 1. The number of fused-ring (bicyclic) bond motifs is 1. The number of nitrogens with zero attached hydrogens (tertiary/aromatic N) is 3. The van der Waals surface area contributed by atoms with E-state index in [2.05, 4.69) is 69.8 Å². The molecule has 3 heterocycles. The van der Waals surface area contributed by atoms with Gasteiger partial charge in [-0.25, -0.2) is 9.78 Å². The minimum absolute atomic E-state index is 0.144. The van der Waals surface area contributed by atoms with Crippen LogP contribution in [0.25, 0.3) is 10.9 Å².